The molecule has 0 fully saturated rings. The van der Waals surface area contributed by atoms with E-state index >= 15 is 0 Å². The van der Waals surface area contributed by atoms with Crippen LogP contribution in [0.15, 0.2) is 52.8 Å². The number of rotatable bonds is 5. The van der Waals surface area contributed by atoms with E-state index in [0.29, 0.717) is 34.7 Å². The molecule has 0 spiro atoms. The number of hydrogen-bond acceptors (Lipinski definition) is 5. The first-order valence-corrected chi connectivity index (χ1v) is 9.27. The number of hydroxylamine groups is 1. The number of ether oxygens (including phenoxy) is 1. The van der Waals surface area contributed by atoms with Crippen LogP contribution in [0.25, 0.3) is 0 Å². The lowest BCUT2D eigenvalue weighted by Gasteiger charge is -2.29. The van der Waals surface area contributed by atoms with Crippen molar-refractivity contribution in [2.24, 2.45) is 4.99 Å². The molecule has 3 rings (SSSR count). The fraction of sp³-hybridized carbons (Fsp3) is 0.318. The molecule has 0 saturated carbocycles. The molecule has 1 aliphatic carbocycles. The van der Waals surface area contributed by atoms with Crippen LogP contribution in [0.2, 0.25) is 0 Å². The Bertz CT molecular complexity index is 999. The van der Waals surface area contributed by atoms with Gasteiger partial charge in [0.05, 0.1) is 30.1 Å². The van der Waals surface area contributed by atoms with Crippen LogP contribution in [0.3, 0.4) is 0 Å². The van der Waals surface area contributed by atoms with Crippen molar-refractivity contribution in [3.05, 3.63) is 70.4 Å². The fourth-order valence-corrected chi connectivity index (χ4v) is 3.87. The fourth-order valence-electron chi connectivity index (χ4n) is 3.87. The molecule has 0 aliphatic heterocycles. The molecule has 1 aromatic heterocycles. The van der Waals surface area contributed by atoms with E-state index in [2.05, 4.69) is 4.98 Å². The highest BCUT2D eigenvalue weighted by Crippen LogP contribution is 2.46. The van der Waals surface area contributed by atoms with E-state index in [9.17, 15) is 14.4 Å². The Morgan fingerprint density at radius 1 is 1.28 bits per heavy atom. The van der Waals surface area contributed by atoms with E-state index in [1.165, 1.54) is 6.07 Å². The van der Waals surface area contributed by atoms with Gasteiger partial charge in [-0.3, -0.25) is 20.0 Å². The van der Waals surface area contributed by atoms with Crippen molar-refractivity contribution in [1.82, 2.24) is 10.5 Å². The second-order valence-electron chi connectivity index (χ2n) is 7.30. The van der Waals surface area contributed by atoms with E-state index in [4.69, 9.17) is 9.73 Å². The lowest BCUT2D eigenvalue weighted by atomic mass is 9.74. The van der Waals surface area contributed by atoms with Gasteiger partial charge in [0.2, 0.25) is 0 Å². The number of hydrogen-bond donors (Lipinski definition) is 2. The maximum Gasteiger partial charge on any atom is 0.254 e. The third-order valence-electron chi connectivity index (χ3n) is 5.49. The summed E-state index contributed by atoms with van der Waals surface area (Å²) >= 11 is 0. The normalized spacial score (nSPS) is 19.4. The number of pyridine rings is 1. The van der Waals surface area contributed by atoms with Gasteiger partial charge < -0.3 is 4.74 Å². The summed E-state index contributed by atoms with van der Waals surface area (Å²) < 4.78 is 19.3. The smallest absolute Gasteiger partial charge is 0.254 e. The Labute approximate surface area is 169 Å². The predicted molar refractivity (Wildman–Crippen MR) is 108 cm³/mol. The van der Waals surface area contributed by atoms with E-state index in [1.54, 1.807) is 43.9 Å². The first-order chi connectivity index (χ1) is 13.8. The van der Waals surface area contributed by atoms with Gasteiger partial charge in [0, 0.05) is 12.1 Å². The van der Waals surface area contributed by atoms with Gasteiger partial charge in [-0.05, 0) is 56.5 Å². The van der Waals surface area contributed by atoms with Crippen molar-refractivity contribution in [3.63, 3.8) is 0 Å². The second-order valence-corrected chi connectivity index (χ2v) is 7.30. The van der Waals surface area contributed by atoms with Gasteiger partial charge in [0.15, 0.2) is 0 Å². The van der Waals surface area contributed by atoms with Gasteiger partial charge in [-0.1, -0.05) is 17.7 Å². The topological polar surface area (TPSA) is 83.8 Å². The molecule has 1 atom stereocenters. The highest BCUT2D eigenvalue weighted by Gasteiger charge is 2.46. The van der Waals surface area contributed by atoms with Crippen LogP contribution in [0.4, 0.5) is 4.39 Å². The number of aliphatic imine (C=N–C) groups is 1. The van der Waals surface area contributed by atoms with E-state index in [-0.39, 0.29) is 12.2 Å². The molecule has 2 N–H and O–H groups in total. The number of carbonyl (C=O) groups excluding carboxylic acids is 1. The largest absolute Gasteiger partial charge is 0.495 e. The van der Waals surface area contributed by atoms with Crippen LogP contribution in [-0.4, -0.2) is 28.9 Å². The number of allylic oxidation sites excluding steroid dienone is 2. The SMILES string of the molecule is COc1ccc(/C(C)=N/C2=C(C)C[C@@](C(=O)NO)(c3cccc(F)c3C)C2)nc1. The predicted octanol–water partition coefficient (Wildman–Crippen LogP) is 3.86. The number of carbonyl (C=O) groups is 1. The molecule has 7 heteroatoms. The van der Waals surface area contributed by atoms with Crippen molar-refractivity contribution < 1.29 is 19.1 Å². The lowest BCUT2D eigenvalue weighted by molar-refractivity contribution is -0.135. The minimum atomic E-state index is -1.11. The van der Waals surface area contributed by atoms with E-state index < -0.39 is 11.3 Å². The summed E-state index contributed by atoms with van der Waals surface area (Å²) in [6.07, 6.45) is 2.21. The minimum absolute atomic E-state index is 0.253. The van der Waals surface area contributed by atoms with Gasteiger partial charge in [-0.25, -0.2) is 9.87 Å². The monoisotopic (exact) mass is 397 g/mol. The Hall–Kier alpha value is -3.06. The van der Waals surface area contributed by atoms with Crippen LogP contribution in [-0.2, 0) is 10.2 Å². The van der Waals surface area contributed by atoms with E-state index in [1.807, 2.05) is 19.9 Å². The summed E-state index contributed by atoms with van der Waals surface area (Å²) in [5, 5.41) is 9.39. The van der Waals surface area contributed by atoms with Gasteiger partial charge in [-0.15, -0.1) is 0 Å². The van der Waals surface area contributed by atoms with Gasteiger partial charge in [-0.2, -0.15) is 0 Å². The summed E-state index contributed by atoms with van der Waals surface area (Å²) in [6, 6.07) is 8.28. The van der Waals surface area contributed by atoms with Gasteiger partial charge >= 0.3 is 0 Å². The summed E-state index contributed by atoms with van der Waals surface area (Å²) in [5.74, 6) is -0.310. The van der Waals surface area contributed by atoms with Crippen molar-refractivity contribution in [2.75, 3.05) is 7.11 Å². The maximum atomic E-state index is 14.2. The maximum absolute atomic E-state index is 14.2. The molecule has 6 nitrogen and oxygen atoms in total. The number of methoxy groups -OCH3 is 1. The Morgan fingerprint density at radius 3 is 2.66 bits per heavy atom. The molecule has 29 heavy (non-hydrogen) atoms. The summed E-state index contributed by atoms with van der Waals surface area (Å²) in [4.78, 5) is 21.8. The zero-order valence-electron chi connectivity index (χ0n) is 16.9. The molecular weight excluding hydrogens is 373 g/mol. The number of aromatic nitrogens is 1. The van der Waals surface area contributed by atoms with Crippen LogP contribution >= 0.6 is 0 Å². The van der Waals surface area contributed by atoms with Crippen molar-refractivity contribution in [1.29, 1.82) is 0 Å². The van der Waals surface area contributed by atoms with Crippen molar-refractivity contribution in [3.8, 4) is 5.75 Å². The molecule has 0 bridgehead atoms. The van der Waals surface area contributed by atoms with Crippen molar-refractivity contribution >= 4 is 11.6 Å². The molecule has 0 saturated heterocycles. The standard InChI is InChI=1S/C22H24FN3O3/c1-13-10-22(21(27)26-28,17-6-5-7-18(23)14(17)2)11-20(13)25-15(3)19-9-8-16(29-4)12-24-19/h5-9,12,28H,10-11H2,1-4H3,(H,26,27)/b25-15+/t22-/m0/s1. The first kappa shape index (κ1) is 20.7. The highest BCUT2D eigenvalue weighted by molar-refractivity contribution is 5.98. The molecule has 152 valence electrons. The van der Waals surface area contributed by atoms with Crippen molar-refractivity contribution in [2.45, 2.75) is 39.0 Å². The third kappa shape index (κ3) is 3.78. The van der Waals surface area contributed by atoms with Crippen LogP contribution in [0.1, 0.15) is 43.5 Å². The van der Waals surface area contributed by atoms with Gasteiger partial charge in [0.1, 0.15) is 11.6 Å². The van der Waals surface area contributed by atoms with Crippen LogP contribution < -0.4 is 10.2 Å². The number of amides is 1. The zero-order valence-corrected chi connectivity index (χ0v) is 16.9. The molecule has 2 aromatic rings. The average Bonchev–Trinajstić information content (AvgIpc) is 3.06. The molecule has 1 heterocycles. The lowest BCUT2D eigenvalue weighted by Crippen LogP contribution is -2.42. The summed E-state index contributed by atoms with van der Waals surface area (Å²) in [6.45, 7) is 5.38. The summed E-state index contributed by atoms with van der Waals surface area (Å²) in [7, 11) is 1.57. The Kier molecular flexibility index (Phi) is 5.79. The number of nitrogens with zero attached hydrogens (tertiary/aromatic N) is 2. The number of nitrogens with one attached hydrogen (secondary N) is 1. The number of benzene rings is 1. The molecule has 0 radical (unpaired) electrons. The van der Waals surface area contributed by atoms with E-state index in [0.717, 1.165) is 11.3 Å². The average molecular weight is 397 g/mol. The molecular formula is C22H24FN3O3. The van der Waals surface area contributed by atoms with Crippen LogP contribution in [0, 0.1) is 12.7 Å². The third-order valence-corrected chi connectivity index (χ3v) is 5.49. The molecule has 0 unspecified atom stereocenters. The van der Waals surface area contributed by atoms with Crippen LogP contribution in [0.5, 0.6) is 5.75 Å². The molecule has 1 aliphatic rings. The Morgan fingerprint density at radius 2 is 2.03 bits per heavy atom. The molecule has 1 amide bonds. The highest BCUT2D eigenvalue weighted by atomic mass is 19.1. The molecule has 1 aromatic carbocycles. The quantitative estimate of drug-likeness (QED) is 0.456. The Balaban J connectivity index is 1.99. The first-order valence-electron chi connectivity index (χ1n) is 9.27. The summed E-state index contributed by atoms with van der Waals surface area (Å²) in [5.41, 5.74) is 4.62. The number of halogens is 1. The van der Waals surface area contributed by atoms with Gasteiger partial charge in [0.25, 0.3) is 5.91 Å². The zero-order chi connectivity index (χ0) is 21.2. The minimum Gasteiger partial charge on any atom is -0.495 e. The second kappa shape index (κ2) is 8.13.